The largest absolute Gasteiger partial charge is 0.387 e. The smallest absolute Gasteiger partial charge is 0.126 e. The number of ether oxygens (including phenoxy) is 1. The summed E-state index contributed by atoms with van der Waals surface area (Å²) in [6, 6.07) is 3.20. The van der Waals surface area contributed by atoms with Gasteiger partial charge in [-0.25, -0.2) is 8.78 Å². The Morgan fingerprint density at radius 2 is 1.82 bits per heavy atom. The van der Waals surface area contributed by atoms with Crippen molar-refractivity contribution >= 4 is 0 Å². The van der Waals surface area contributed by atoms with E-state index in [1.54, 1.807) is 20.8 Å². The van der Waals surface area contributed by atoms with Gasteiger partial charge in [-0.2, -0.15) is 0 Å². The predicted molar refractivity (Wildman–Crippen MR) is 61.8 cm³/mol. The highest BCUT2D eigenvalue weighted by atomic mass is 19.1. The molecule has 1 rings (SSSR count). The molecule has 17 heavy (non-hydrogen) atoms. The van der Waals surface area contributed by atoms with Crippen molar-refractivity contribution in [1.29, 1.82) is 0 Å². The van der Waals surface area contributed by atoms with Crippen molar-refractivity contribution < 1.29 is 18.6 Å². The lowest BCUT2D eigenvalue weighted by molar-refractivity contribution is -0.139. The highest BCUT2D eigenvalue weighted by Gasteiger charge is 2.40. The number of benzene rings is 1. The second-order valence-corrected chi connectivity index (χ2v) is 4.90. The highest BCUT2D eigenvalue weighted by Crippen LogP contribution is 2.29. The first kappa shape index (κ1) is 14.1. The first-order valence-corrected chi connectivity index (χ1v) is 5.41. The van der Waals surface area contributed by atoms with E-state index in [-0.39, 0.29) is 12.0 Å². The van der Waals surface area contributed by atoms with Crippen LogP contribution in [0, 0.1) is 11.6 Å². The second-order valence-electron chi connectivity index (χ2n) is 4.90. The maximum absolute atomic E-state index is 13.5. The molecule has 1 aromatic rings. The van der Waals surface area contributed by atoms with E-state index in [2.05, 4.69) is 0 Å². The minimum atomic E-state index is -1.30. The van der Waals surface area contributed by atoms with Crippen molar-refractivity contribution in [3.8, 4) is 0 Å². The Morgan fingerprint density at radius 1 is 1.24 bits per heavy atom. The maximum atomic E-state index is 13.5. The predicted octanol–water partition coefficient (Wildman–Crippen LogP) is 2.68. The topological polar surface area (TPSA) is 29.5 Å². The molecule has 0 heterocycles. The van der Waals surface area contributed by atoms with Crippen LogP contribution in [0.3, 0.4) is 0 Å². The number of methoxy groups -OCH3 is 1. The molecule has 0 aromatic heterocycles. The highest BCUT2D eigenvalue weighted by molar-refractivity contribution is 5.21. The van der Waals surface area contributed by atoms with Gasteiger partial charge >= 0.3 is 0 Å². The lowest BCUT2D eigenvalue weighted by Gasteiger charge is -2.39. The normalized spacial score (nSPS) is 15.7. The third-order valence-corrected chi connectivity index (χ3v) is 3.35. The zero-order chi connectivity index (χ0) is 13.3. The standard InChI is InChI=1S/C13H18F2O2/c1-12(2,17-4)13(3,16)8-9-7-10(14)5-6-11(9)15/h5-7,16H,8H2,1-4H3. The lowest BCUT2D eigenvalue weighted by Crippen LogP contribution is -2.50. The van der Waals surface area contributed by atoms with Gasteiger partial charge in [-0.15, -0.1) is 0 Å². The van der Waals surface area contributed by atoms with Gasteiger partial charge in [0, 0.05) is 13.5 Å². The Hall–Kier alpha value is -1.00. The first-order valence-electron chi connectivity index (χ1n) is 5.41. The van der Waals surface area contributed by atoms with Crippen molar-refractivity contribution in [2.45, 2.75) is 38.4 Å². The Morgan fingerprint density at radius 3 is 2.35 bits per heavy atom. The molecule has 2 nitrogen and oxygen atoms in total. The molecule has 1 N–H and O–H groups in total. The molecule has 0 fully saturated rings. The average Bonchev–Trinajstić information content (AvgIpc) is 2.23. The Bertz CT molecular complexity index is 400. The summed E-state index contributed by atoms with van der Waals surface area (Å²) in [4.78, 5) is 0. The lowest BCUT2D eigenvalue weighted by atomic mass is 9.82. The van der Waals surface area contributed by atoms with Crippen molar-refractivity contribution in [3.63, 3.8) is 0 Å². The summed E-state index contributed by atoms with van der Waals surface area (Å²) in [7, 11) is 1.47. The monoisotopic (exact) mass is 244 g/mol. The van der Waals surface area contributed by atoms with Crippen LogP contribution in [0.4, 0.5) is 8.78 Å². The molecule has 4 heteroatoms. The third kappa shape index (κ3) is 3.01. The van der Waals surface area contributed by atoms with Crippen LogP contribution in [0.15, 0.2) is 18.2 Å². The van der Waals surface area contributed by atoms with Gasteiger partial charge in [0.15, 0.2) is 0 Å². The van der Waals surface area contributed by atoms with Crippen LogP contribution >= 0.6 is 0 Å². The van der Waals surface area contributed by atoms with Crippen molar-refractivity contribution in [2.24, 2.45) is 0 Å². The van der Waals surface area contributed by atoms with Crippen LogP contribution in [-0.4, -0.2) is 23.4 Å². The summed E-state index contributed by atoms with van der Waals surface area (Å²) in [6.07, 6.45) is -0.0164. The second kappa shape index (κ2) is 4.70. The van der Waals surface area contributed by atoms with Crippen molar-refractivity contribution in [2.75, 3.05) is 7.11 Å². The minimum absolute atomic E-state index is 0.0164. The first-order chi connectivity index (χ1) is 7.69. The van der Waals surface area contributed by atoms with Gasteiger partial charge in [0.25, 0.3) is 0 Å². The van der Waals surface area contributed by atoms with Gasteiger partial charge in [-0.3, -0.25) is 0 Å². The van der Waals surface area contributed by atoms with Gasteiger partial charge < -0.3 is 9.84 Å². The minimum Gasteiger partial charge on any atom is -0.387 e. The number of halogens is 2. The van der Waals surface area contributed by atoms with Gasteiger partial charge in [0.1, 0.15) is 11.6 Å². The molecule has 1 atom stereocenters. The SMILES string of the molecule is COC(C)(C)C(C)(O)Cc1cc(F)ccc1F. The molecule has 0 aliphatic rings. The third-order valence-electron chi connectivity index (χ3n) is 3.35. The summed E-state index contributed by atoms with van der Waals surface area (Å²) < 4.78 is 31.7. The van der Waals surface area contributed by atoms with Crippen molar-refractivity contribution in [1.82, 2.24) is 0 Å². The fraction of sp³-hybridized carbons (Fsp3) is 0.538. The van der Waals surface area contributed by atoms with Gasteiger partial charge in [-0.05, 0) is 44.5 Å². The fourth-order valence-corrected chi connectivity index (χ4v) is 1.48. The van der Waals surface area contributed by atoms with Crippen molar-refractivity contribution in [3.05, 3.63) is 35.4 Å². The number of hydrogen-bond acceptors (Lipinski definition) is 2. The van der Waals surface area contributed by atoms with E-state index in [4.69, 9.17) is 4.74 Å². The molecule has 0 bridgehead atoms. The average molecular weight is 244 g/mol. The van der Waals surface area contributed by atoms with E-state index in [9.17, 15) is 13.9 Å². The van der Waals surface area contributed by atoms with Crippen LogP contribution < -0.4 is 0 Å². The molecule has 0 aliphatic carbocycles. The molecule has 1 unspecified atom stereocenters. The van der Waals surface area contributed by atoms with Crippen LogP contribution in [-0.2, 0) is 11.2 Å². The Labute approximate surface area is 100 Å². The molecule has 0 aliphatic heterocycles. The maximum Gasteiger partial charge on any atom is 0.126 e. The van der Waals surface area contributed by atoms with Crippen LogP contribution in [0.2, 0.25) is 0 Å². The zero-order valence-corrected chi connectivity index (χ0v) is 10.6. The van der Waals surface area contributed by atoms with Gasteiger partial charge in [0.05, 0.1) is 11.2 Å². The molecule has 96 valence electrons. The van der Waals surface area contributed by atoms with E-state index < -0.39 is 22.8 Å². The Kier molecular flexibility index (Phi) is 3.89. The van der Waals surface area contributed by atoms with E-state index in [1.165, 1.54) is 7.11 Å². The molecule has 0 spiro atoms. The zero-order valence-electron chi connectivity index (χ0n) is 10.6. The van der Waals surface area contributed by atoms with E-state index in [0.29, 0.717) is 0 Å². The molecule has 0 radical (unpaired) electrons. The number of hydrogen-bond donors (Lipinski definition) is 1. The molecule has 1 aromatic carbocycles. The van der Waals surface area contributed by atoms with Gasteiger partial charge in [0.2, 0.25) is 0 Å². The summed E-state index contributed by atoms with van der Waals surface area (Å²) >= 11 is 0. The summed E-state index contributed by atoms with van der Waals surface area (Å²) in [6.45, 7) is 4.94. The quantitative estimate of drug-likeness (QED) is 0.882. The molecule has 0 saturated heterocycles. The molecular formula is C13H18F2O2. The Balaban J connectivity index is 3.01. The van der Waals surface area contributed by atoms with Gasteiger partial charge in [-0.1, -0.05) is 0 Å². The van der Waals surface area contributed by atoms with E-state index in [0.717, 1.165) is 18.2 Å². The molecule has 0 amide bonds. The van der Waals surface area contributed by atoms with Crippen LogP contribution in [0.25, 0.3) is 0 Å². The summed E-state index contributed by atoms with van der Waals surface area (Å²) in [5.74, 6) is -1.05. The molecular weight excluding hydrogens is 226 g/mol. The number of aliphatic hydroxyl groups is 1. The van der Waals surface area contributed by atoms with E-state index in [1.807, 2.05) is 0 Å². The summed E-state index contributed by atoms with van der Waals surface area (Å²) in [5, 5.41) is 10.3. The molecule has 0 saturated carbocycles. The number of rotatable bonds is 4. The summed E-state index contributed by atoms with van der Waals surface area (Å²) in [5.41, 5.74) is -2.01. The van der Waals surface area contributed by atoms with Crippen LogP contribution in [0.5, 0.6) is 0 Å². The fourth-order valence-electron chi connectivity index (χ4n) is 1.48. The van der Waals surface area contributed by atoms with E-state index >= 15 is 0 Å². The van der Waals surface area contributed by atoms with Crippen LogP contribution in [0.1, 0.15) is 26.3 Å².